The molecule has 4 nitrogen and oxygen atoms in total. The second kappa shape index (κ2) is 4.94. The van der Waals surface area contributed by atoms with Gasteiger partial charge in [-0.2, -0.15) is 10.2 Å². The number of amidine groups is 1. The lowest BCUT2D eigenvalue weighted by atomic mass is 10.1. The van der Waals surface area contributed by atoms with Crippen LogP contribution >= 0.6 is 0 Å². The summed E-state index contributed by atoms with van der Waals surface area (Å²) >= 11 is 0. The molecule has 0 aromatic carbocycles. The molecule has 0 spiro atoms. The summed E-state index contributed by atoms with van der Waals surface area (Å²) in [7, 11) is 0. The molecule has 0 saturated heterocycles. The molecule has 0 aromatic rings. The van der Waals surface area contributed by atoms with Crippen molar-refractivity contribution in [1.29, 1.82) is 0 Å². The molecular weight excluding hydrogens is 164 g/mol. The highest BCUT2D eigenvalue weighted by Crippen LogP contribution is 2.02. The van der Waals surface area contributed by atoms with E-state index in [-0.39, 0.29) is 6.17 Å². The highest BCUT2D eigenvalue weighted by molar-refractivity contribution is 5.82. The maximum atomic E-state index is 4.43. The zero-order valence-corrected chi connectivity index (χ0v) is 8.62. The Morgan fingerprint density at radius 2 is 2.23 bits per heavy atom. The van der Waals surface area contributed by atoms with Crippen molar-refractivity contribution in [3.05, 3.63) is 0 Å². The van der Waals surface area contributed by atoms with Gasteiger partial charge in [-0.25, -0.2) is 0 Å². The summed E-state index contributed by atoms with van der Waals surface area (Å²) in [6.07, 6.45) is 1.07. The van der Waals surface area contributed by atoms with Crippen LogP contribution in [0.5, 0.6) is 0 Å². The highest BCUT2D eigenvalue weighted by atomic mass is 15.2. The fourth-order valence-electron chi connectivity index (χ4n) is 1.24. The van der Waals surface area contributed by atoms with E-state index >= 15 is 0 Å². The van der Waals surface area contributed by atoms with Crippen LogP contribution in [0.2, 0.25) is 0 Å². The zero-order chi connectivity index (χ0) is 9.68. The van der Waals surface area contributed by atoms with Gasteiger partial charge in [-0.05, 0) is 12.8 Å². The molecule has 1 heterocycles. The average Bonchev–Trinajstić information content (AvgIpc) is 1.98. The molecule has 0 saturated carbocycles. The van der Waals surface area contributed by atoms with E-state index in [2.05, 4.69) is 34.4 Å². The summed E-state index contributed by atoms with van der Waals surface area (Å²) in [6, 6.07) is 0. The smallest absolute Gasteiger partial charge is 0.137 e. The lowest BCUT2D eigenvalue weighted by Crippen LogP contribution is -2.33. The van der Waals surface area contributed by atoms with Crippen molar-refractivity contribution in [2.45, 2.75) is 33.4 Å². The van der Waals surface area contributed by atoms with Gasteiger partial charge in [-0.3, -0.25) is 4.99 Å². The van der Waals surface area contributed by atoms with Crippen molar-refractivity contribution in [3.63, 3.8) is 0 Å². The summed E-state index contributed by atoms with van der Waals surface area (Å²) in [5.41, 5.74) is 0. The lowest BCUT2D eigenvalue weighted by molar-refractivity contribution is 0.595. The van der Waals surface area contributed by atoms with Crippen LogP contribution in [0.4, 0.5) is 0 Å². The number of aliphatic imine (C=N–C) groups is 1. The molecule has 1 N–H and O–H groups in total. The number of azo groups is 1. The van der Waals surface area contributed by atoms with Crippen LogP contribution < -0.4 is 5.32 Å². The molecular formula is C9H18N4. The van der Waals surface area contributed by atoms with Gasteiger partial charge in [0.2, 0.25) is 0 Å². The van der Waals surface area contributed by atoms with Crippen LogP contribution in [0.25, 0.3) is 0 Å². The molecule has 1 atom stereocenters. The highest BCUT2D eigenvalue weighted by Gasteiger charge is 2.07. The van der Waals surface area contributed by atoms with E-state index in [9.17, 15) is 0 Å². The first-order valence-corrected chi connectivity index (χ1v) is 4.85. The quantitative estimate of drug-likeness (QED) is 0.696. The number of hydrogen-bond acceptors (Lipinski definition) is 4. The first-order valence-electron chi connectivity index (χ1n) is 4.85. The normalized spacial score (nSPS) is 23.4. The molecule has 1 aliphatic heterocycles. The van der Waals surface area contributed by atoms with Crippen LogP contribution in [0.15, 0.2) is 15.2 Å². The Labute approximate surface area is 79.5 Å². The molecule has 0 radical (unpaired) electrons. The number of hydrogen-bond donors (Lipinski definition) is 1. The number of nitrogens with zero attached hydrogens (tertiary/aromatic N) is 3. The third kappa shape index (κ3) is 4.01. The maximum Gasteiger partial charge on any atom is 0.137 e. The Balaban J connectivity index is 2.51. The van der Waals surface area contributed by atoms with Crippen molar-refractivity contribution >= 4 is 5.84 Å². The Bertz CT molecular complexity index is 208. The molecule has 1 unspecified atom stereocenters. The van der Waals surface area contributed by atoms with Gasteiger partial charge >= 0.3 is 0 Å². The zero-order valence-electron chi connectivity index (χ0n) is 8.62. The van der Waals surface area contributed by atoms with Crippen LogP contribution in [-0.4, -0.2) is 25.1 Å². The fourth-order valence-corrected chi connectivity index (χ4v) is 1.24. The Morgan fingerprint density at radius 1 is 1.46 bits per heavy atom. The van der Waals surface area contributed by atoms with Gasteiger partial charge in [0.05, 0.1) is 18.9 Å². The van der Waals surface area contributed by atoms with Gasteiger partial charge < -0.3 is 5.32 Å². The Kier molecular flexibility index (Phi) is 3.86. The van der Waals surface area contributed by atoms with Crippen molar-refractivity contribution in [1.82, 2.24) is 5.32 Å². The van der Waals surface area contributed by atoms with Crippen LogP contribution in [0.3, 0.4) is 0 Å². The van der Waals surface area contributed by atoms with Gasteiger partial charge in [0, 0.05) is 6.42 Å². The minimum atomic E-state index is 0.0674. The van der Waals surface area contributed by atoms with Crippen LogP contribution in [0, 0.1) is 5.92 Å². The van der Waals surface area contributed by atoms with Gasteiger partial charge in [0.25, 0.3) is 0 Å². The van der Waals surface area contributed by atoms with E-state index in [0.717, 1.165) is 18.8 Å². The molecule has 0 bridgehead atoms. The molecule has 0 fully saturated rings. The molecule has 1 aliphatic rings. The predicted molar refractivity (Wildman–Crippen MR) is 54.1 cm³/mol. The minimum Gasteiger partial charge on any atom is -0.351 e. The molecule has 0 aliphatic carbocycles. The van der Waals surface area contributed by atoms with Crippen molar-refractivity contribution < 1.29 is 0 Å². The maximum absolute atomic E-state index is 4.43. The summed E-state index contributed by atoms with van der Waals surface area (Å²) in [6.45, 7) is 7.84. The Hall–Kier alpha value is -0.930. The van der Waals surface area contributed by atoms with Crippen molar-refractivity contribution in [3.8, 4) is 0 Å². The first kappa shape index (κ1) is 10.2. The first-order chi connectivity index (χ1) is 6.18. The second-order valence-corrected chi connectivity index (χ2v) is 3.73. The average molecular weight is 182 g/mol. The second-order valence-electron chi connectivity index (χ2n) is 3.73. The standard InChI is InChI=1S/C9H18N4/c1-7(2)6-9-10-4-5-11-13-8(3)12-9/h7-8H,4-6H2,1-3H3,(H,10,12). The van der Waals surface area contributed by atoms with Gasteiger partial charge in [-0.1, -0.05) is 13.8 Å². The lowest BCUT2D eigenvalue weighted by Gasteiger charge is -2.16. The SMILES string of the molecule is CC(C)CC1=NCCN=NC(C)N1. The fraction of sp³-hybridized carbons (Fsp3) is 0.889. The number of rotatable bonds is 2. The van der Waals surface area contributed by atoms with Crippen molar-refractivity contribution in [2.24, 2.45) is 21.1 Å². The third-order valence-corrected chi connectivity index (χ3v) is 1.73. The summed E-state index contributed by atoms with van der Waals surface area (Å²) in [4.78, 5) is 4.43. The topological polar surface area (TPSA) is 49.1 Å². The molecule has 13 heavy (non-hydrogen) atoms. The van der Waals surface area contributed by atoms with Crippen molar-refractivity contribution in [2.75, 3.05) is 13.1 Å². The molecule has 1 rings (SSSR count). The van der Waals surface area contributed by atoms with E-state index in [0.29, 0.717) is 12.5 Å². The van der Waals surface area contributed by atoms with Crippen LogP contribution in [0.1, 0.15) is 27.2 Å². The van der Waals surface area contributed by atoms with E-state index in [1.54, 1.807) is 0 Å². The molecule has 0 aromatic heterocycles. The number of nitrogens with one attached hydrogen (secondary N) is 1. The van der Waals surface area contributed by atoms with E-state index in [4.69, 9.17) is 0 Å². The van der Waals surface area contributed by atoms with E-state index in [1.807, 2.05) is 6.92 Å². The van der Waals surface area contributed by atoms with Gasteiger partial charge in [0.1, 0.15) is 6.17 Å². The van der Waals surface area contributed by atoms with E-state index < -0.39 is 0 Å². The monoisotopic (exact) mass is 182 g/mol. The predicted octanol–water partition coefficient (Wildman–Crippen LogP) is 1.83. The largest absolute Gasteiger partial charge is 0.351 e. The third-order valence-electron chi connectivity index (χ3n) is 1.73. The molecule has 4 heteroatoms. The Morgan fingerprint density at radius 3 is 2.92 bits per heavy atom. The molecule has 74 valence electrons. The summed E-state index contributed by atoms with van der Waals surface area (Å²) < 4.78 is 0. The molecule has 0 amide bonds. The van der Waals surface area contributed by atoms with Gasteiger partial charge in [0.15, 0.2) is 0 Å². The van der Waals surface area contributed by atoms with Gasteiger partial charge in [-0.15, -0.1) is 0 Å². The minimum absolute atomic E-state index is 0.0674. The summed E-state index contributed by atoms with van der Waals surface area (Å²) in [5, 5.41) is 11.3. The van der Waals surface area contributed by atoms with Crippen LogP contribution in [-0.2, 0) is 0 Å². The van der Waals surface area contributed by atoms with E-state index in [1.165, 1.54) is 0 Å². The summed E-state index contributed by atoms with van der Waals surface area (Å²) in [5.74, 6) is 1.70.